The smallest absolute Gasteiger partial charge is 0.254 e. The van der Waals surface area contributed by atoms with Crippen molar-refractivity contribution >= 4 is 5.91 Å². The topological polar surface area (TPSA) is 74.3 Å². The van der Waals surface area contributed by atoms with Gasteiger partial charge in [0.25, 0.3) is 5.91 Å². The van der Waals surface area contributed by atoms with Gasteiger partial charge in [0.05, 0.1) is 13.7 Å². The predicted molar refractivity (Wildman–Crippen MR) is 148 cm³/mol. The van der Waals surface area contributed by atoms with Crippen LogP contribution in [0.3, 0.4) is 0 Å². The number of aliphatic hydroxyl groups is 1. The summed E-state index contributed by atoms with van der Waals surface area (Å²) in [5, 5.41) is 12.7. The number of hydrogen-bond donors (Lipinski definition) is 2. The van der Waals surface area contributed by atoms with Crippen molar-refractivity contribution in [2.45, 2.75) is 52.7 Å². The van der Waals surface area contributed by atoms with Crippen molar-refractivity contribution in [2.75, 3.05) is 46.5 Å². The molecular weight excluding hydrogens is 466 g/mol. The molecule has 2 aromatic rings. The summed E-state index contributed by atoms with van der Waals surface area (Å²) in [4.78, 5) is 18.3. The van der Waals surface area contributed by atoms with Crippen molar-refractivity contribution in [2.24, 2.45) is 11.8 Å². The van der Waals surface area contributed by atoms with Gasteiger partial charge in [-0.05, 0) is 56.0 Å². The van der Waals surface area contributed by atoms with Crippen LogP contribution in [0.4, 0.5) is 0 Å². The fourth-order valence-electron chi connectivity index (χ4n) is 4.95. The second-order valence-electron chi connectivity index (χ2n) is 10.6. The zero-order chi connectivity index (χ0) is 26.8. The van der Waals surface area contributed by atoms with Crippen molar-refractivity contribution in [3.05, 3.63) is 59.7 Å². The van der Waals surface area contributed by atoms with Crippen molar-refractivity contribution in [3.63, 3.8) is 0 Å². The minimum absolute atomic E-state index is 0.00161. The molecule has 2 N–H and O–H groups in total. The van der Waals surface area contributed by atoms with Crippen LogP contribution in [0.1, 0.15) is 50.0 Å². The van der Waals surface area contributed by atoms with Crippen LogP contribution in [-0.2, 0) is 6.54 Å². The van der Waals surface area contributed by atoms with Crippen LogP contribution in [0.2, 0.25) is 0 Å². The number of carbonyl (C=O) groups is 1. The fourth-order valence-corrected chi connectivity index (χ4v) is 4.95. The molecule has 1 heterocycles. The number of benzene rings is 2. The van der Waals surface area contributed by atoms with E-state index in [-0.39, 0.29) is 18.6 Å². The lowest BCUT2D eigenvalue weighted by Gasteiger charge is -2.32. The Bertz CT molecular complexity index is 967. The van der Waals surface area contributed by atoms with E-state index >= 15 is 0 Å². The number of likely N-dealkylation sites (tertiary alicyclic amines) is 1. The van der Waals surface area contributed by atoms with Gasteiger partial charge in [0.1, 0.15) is 0 Å². The summed E-state index contributed by atoms with van der Waals surface area (Å²) in [6.45, 7) is 13.5. The van der Waals surface area contributed by atoms with Gasteiger partial charge in [-0.15, -0.1) is 0 Å². The maximum Gasteiger partial charge on any atom is 0.254 e. The minimum Gasteiger partial charge on any atom is -0.493 e. The number of ether oxygens (including phenoxy) is 2. The Hall–Kier alpha value is -2.61. The second-order valence-corrected chi connectivity index (χ2v) is 10.6. The Labute approximate surface area is 222 Å². The molecule has 2 aromatic carbocycles. The van der Waals surface area contributed by atoms with Gasteiger partial charge in [-0.25, -0.2) is 0 Å². The van der Waals surface area contributed by atoms with E-state index in [0.29, 0.717) is 54.5 Å². The van der Waals surface area contributed by atoms with Gasteiger partial charge in [0.15, 0.2) is 11.5 Å². The molecule has 0 spiro atoms. The van der Waals surface area contributed by atoms with Crippen molar-refractivity contribution in [1.82, 2.24) is 15.1 Å². The van der Waals surface area contributed by atoms with Gasteiger partial charge in [0.2, 0.25) is 0 Å². The van der Waals surface area contributed by atoms with Crippen molar-refractivity contribution in [3.8, 4) is 11.5 Å². The van der Waals surface area contributed by atoms with Crippen LogP contribution in [0.15, 0.2) is 48.5 Å². The van der Waals surface area contributed by atoms with Crippen LogP contribution < -0.4 is 14.8 Å². The van der Waals surface area contributed by atoms with E-state index in [9.17, 15) is 4.79 Å². The van der Waals surface area contributed by atoms with Gasteiger partial charge in [-0.2, -0.15) is 0 Å². The van der Waals surface area contributed by atoms with Gasteiger partial charge in [-0.1, -0.05) is 44.2 Å². The highest BCUT2D eigenvalue weighted by atomic mass is 16.5. The van der Waals surface area contributed by atoms with Crippen LogP contribution >= 0.6 is 0 Å². The molecule has 1 saturated heterocycles. The summed E-state index contributed by atoms with van der Waals surface area (Å²) < 4.78 is 11.2. The number of nitrogens with one attached hydrogen (secondary N) is 1. The zero-order valence-electron chi connectivity index (χ0n) is 23.2. The standard InChI is InChI=1S/C30H45N3O4/c1-22(2)31-17-26-19-32(18-24-10-7-6-8-11-24)20-27(26)21-33(23(3)4)30(35)25-12-13-28(36-5)29(16-25)37-15-9-14-34/h6-8,10-13,16,22-23,26-27,31,34H,9,14-15,17-21H2,1-5H3. The Morgan fingerprint density at radius 2 is 1.81 bits per heavy atom. The number of nitrogens with zero attached hydrogens (tertiary/aromatic N) is 2. The Morgan fingerprint density at radius 3 is 2.46 bits per heavy atom. The van der Waals surface area contributed by atoms with E-state index in [1.807, 2.05) is 11.0 Å². The van der Waals surface area contributed by atoms with E-state index in [1.54, 1.807) is 19.2 Å². The molecule has 0 radical (unpaired) electrons. The largest absolute Gasteiger partial charge is 0.493 e. The molecule has 7 heteroatoms. The number of aliphatic hydroxyl groups excluding tert-OH is 1. The van der Waals surface area contributed by atoms with Gasteiger partial charge < -0.3 is 24.8 Å². The minimum atomic E-state index is 0.00161. The molecule has 0 aliphatic carbocycles. The van der Waals surface area contributed by atoms with Crippen LogP contribution in [0, 0.1) is 11.8 Å². The molecule has 37 heavy (non-hydrogen) atoms. The molecule has 1 aliphatic heterocycles. The summed E-state index contributed by atoms with van der Waals surface area (Å²) in [6, 6.07) is 16.5. The van der Waals surface area contributed by atoms with E-state index in [0.717, 1.165) is 26.2 Å². The normalized spacial score (nSPS) is 17.9. The third kappa shape index (κ3) is 8.45. The van der Waals surface area contributed by atoms with Crippen LogP contribution in [-0.4, -0.2) is 79.4 Å². The molecule has 7 nitrogen and oxygen atoms in total. The SMILES string of the molecule is COc1ccc(C(=O)N(CC2CN(Cc3ccccc3)CC2CNC(C)C)C(C)C)cc1OCCCO. The third-order valence-corrected chi connectivity index (χ3v) is 6.98. The first-order chi connectivity index (χ1) is 17.8. The number of carbonyl (C=O) groups excluding carboxylic acids is 1. The maximum absolute atomic E-state index is 13.8. The fraction of sp³-hybridized carbons (Fsp3) is 0.567. The molecule has 1 aliphatic rings. The van der Waals surface area contributed by atoms with Gasteiger partial charge >= 0.3 is 0 Å². The van der Waals surface area contributed by atoms with Crippen molar-refractivity contribution in [1.29, 1.82) is 0 Å². The number of rotatable bonds is 14. The maximum atomic E-state index is 13.8. The molecule has 1 fully saturated rings. The molecule has 3 rings (SSSR count). The lowest BCUT2D eigenvalue weighted by molar-refractivity contribution is 0.0658. The highest BCUT2D eigenvalue weighted by Crippen LogP contribution is 2.31. The first kappa shape index (κ1) is 29.0. The second kappa shape index (κ2) is 14.4. The lowest BCUT2D eigenvalue weighted by atomic mass is 9.94. The lowest BCUT2D eigenvalue weighted by Crippen LogP contribution is -2.43. The third-order valence-electron chi connectivity index (χ3n) is 6.98. The molecule has 0 bridgehead atoms. The Morgan fingerprint density at radius 1 is 1.08 bits per heavy atom. The van der Waals surface area contributed by atoms with Crippen molar-refractivity contribution < 1.29 is 19.4 Å². The van der Waals surface area contributed by atoms with Gasteiger partial charge in [-0.3, -0.25) is 9.69 Å². The highest BCUT2D eigenvalue weighted by molar-refractivity contribution is 5.95. The molecular formula is C30H45N3O4. The van der Waals surface area contributed by atoms with Crippen LogP contribution in [0.5, 0.6) is 11.5 Å². The Kier molecular flexibility index (Phi) is 11.2. The average molecular weight is 512 g/mol. The molecule has 0 aromatic heterocycles. The molecule has 204 valence electrons. The summed E-state index contributed by atoms with van der Waals surface area (Å²) in [6.07, 6.45) is 0.520. The van der Waals surface area contributed by atoms with Crippen LogP contribution in [0.25, 0.3) is 0 Å². The number of hydrogen-bond acceptors (Lipinski definition) is 6. The van der Waals surface area contributed by atoms with E-state index in [2.05, 4.69) is 68.2 Å². The Balaban J connectivity index is 1.76. The number of methoxy groups -OCH3 is 1. The zero-order valence-corrected chi connectivity index (χ0v) is 23.2. The summed E-state index contributed by atoms with van der Waals surface area (Å²) in [5.74, 6) is 1.95. The summed E-state index contributed by atoms with van der Waals surface area (Å²) >= 11 is 0. The predicted octanol–water partition coefficient (Wildman–Crippen LogP) is 4.05. The first-order valence-electron chi connectivity index (χ1n) is 13.5. The van der Waals surface area contributed by atoms with E-state index in [1.165, 1.54) is 5.56 Å². The molecule has 2 atom stereocenters. The highest BCUT2D eigenvalue weighted by Gasteiger charge is 2.35. The summed E-state index contributed by atoms with van der Waals surface area (Å²) in [5.41, 5.74) is 1.91. The average Bonchev–Trinajstić information content (AvgIpc) is 3.27. The monoisotopic (exact) mass is 511 g/mol. The van der Waals surface area contributed by atoms with Gasteiger partial charge in [0, 0.05) is 56.9 Å². The summed E-state index contributed by atoms with van der Waals surface area (Å²) in [7, 11) is 1.59. The molecule has 2 unspecified atom stereocenters. The quantitative estimate of drug-likeness (QED) is 0.373. The van der Waals surface area contributed by atoms with E-state index < -0.39 is 0 Å². The molecule has 1 amide bonds. The molecule has 0 saturated carbocycles. The first-order valence-corrected chi connectivity index (χ1v) is 13.5. The van der Waals surface area contributed by atoms with E-state index in [4.69, 9.17) is 14.6 Å². The number of amides is 1.